The predicted molar refractivity (Wildman–Crippen MR) is 85.6 cm³/mol. The van der Waals surface area contributed by atoms with Gasteiger partial charge in [0.25, 0.3) is 0 Å². The highest BCUT2D eigenvalue weighted by atomic mass is 16.5. The van der Waals surface area contributed by atoms with Gasteiger partial charge in [0.1, 0.15) is 0 Å². The van der Waals surface area contributed by atoms with Crippen LogP contribution in [0.3, 0.4) is 0 Å². The molecule has 6 heteroatoms. The van der Waals surface area contributed by atoms with Gasteiger partial charge in [-0.1, -0.05) is 13.8 Å². The molecule has 1 fully saturated rings. The normalized spacial score (nSPS) is 18.7. The lowest BCUT2D eigenvalue weighted by atomic mass is 10.0. The molecule has 0 bridgehead atoms. The van der Waals surface area contributed by atoms with Crippen LogP contribution in [0.2, 0.25) is 0 Å². The average molecular weight is 308 g/mol. The molecule has 1 aliphatic rings. The van der Waals surface area contributed by atoms with Gasteiger partial charge in [-0.3, -0.25) is 0 Å². The maximum Gasteiger partial charge on any atom is 0.317 e. The van der Waals surface area contributed by atoms with Crippen molar-refractivity contribution in [3.63, 3.8) is 0 Å². The lowest BCUT2D eigenvalue weighted by molar-refractivity contribution is 0.00560. The van der Waals surface area contributed by atoms with Crippen molar-refractivity contribution >= 4 is 6.03 Å². The maximum absolute atomic E-state index is 12.3. The van der Waals surface area contributed by atoms with Crippen LogP contribution < -0.4 is 5.32 Å². The molecular weight excluding hydrogens is 280 g/mol. The number of nitrogens with zero attached hydrogens (tertiary/aromatic N) is 3. The van der Waals surface area contributed by atoms with Crippen LogP contribution in [0.25, 0.3) is 0 Å². The molecule has 1 saturated heterocycles. The summed E-state index contributed by atoms with van der Waals surface area (Å²) in [6.45, 7) is 8.03. The molecule has 1 aliphatic heterocycles. The number of carbonyl (C=O) groups is 1. The van der Waals surface area contributed by atoms with E-state index in [0.29, 0.717) is 25.7 Å². The van der Waals surface area contributed by atoms with E-state index in [9.17, 15) is 4.79 Å². The van der Waals surface area contributed by atoms with Crippen LogP contribution in [0.1, 0.15) is 33.1 Å². The van der Waals surface area contributed by atoms with E-state index in [1.165, 1.54) is 0 Å². The minimum atomic E-state index is 0.0524. The number of aromatic nitrogens is 2. The Bertz CT molecular complexity index is 433. The number of amides is 2. The van der Waals surface area contributed by atoms with E-state index in [2.05, 4.69) is 28.7 Å². The molecule has 2 heterocycles. The van der Waals surface area contributed by atoms with Crippen molar-refractivity contribution in [1.29, 1.82) is 0 Å². The molecule has 0 aromatic carbocycles. The third-order valence-corrected chi connectivity index (χ3v) is 3.91. The first kappa shape index (κ1) is 16.8. The molecule has 0 saturated carbocycles. The van der Waals surface area contributed by atoms with Crippen molar-refractivity contribution in [3.8, 4) is 0 Å². The third kappa shape index (κ3) is 5.33. The van der Waals surface area contributed by atoms with Gasteiger partial charge in [-0.2, -0.15) is 0 Å². The second-order valence-electron chi connectivity index (χ2n) is 6.29. The molecule has 2 rings (SSSR count). The van der Waals surface area contributed by atoms with E-state index >= 15 is 0 Å². The van der Waals surface area contributed by atoms with Gasteiger partial charge in [-0.15, -0.1) is 0 Å². The Morgan fingerprint density at radius 3 is 3.05 bits per heavy atom. The lowest BCUT2D eigenvalue weighted by Crippen LogP contribution is -2.53. The van der Waals surface area contributed by atoms with Gasteiger partial charge >= 0.3 is 6.03 Å². The SMILES string of the molecule is CC(C)CC1COCCN1C(=O)NCCCCn1ccnc1. The van der Waals surface area contributed by atoms with Gasteiger partial charge in [0.2, 0.25) is 0 Å². The van der Waals surface area contributed by atoms with Gasteiger partial charge in [0.15, 0.2) is 0 Å². The third-order valence-electron chi connectivity index (χ3n) is 3.91. The highest BCUT2D eigenvalue weighted by molar-refractivity contribution is 5.74. The van der Waals surface area contributed by atoms with Crippen LogP contribution in [0, 0.1) is 5.92 Å². The smallest absolute Gasteiger partial charge is 0.317 e. The zero-order valence-corrected chi connectivity index (χ0v) is 13.7. The molecule has 6 nitrogen and oxygen atoms in total. The summed E-state index contributed by atoms with van der Waals surface area (Å²) in [7, 11) is 0. The summed E-state index contributed by atoms with van der Waals surface area (Å²) >= 11 is 0. The van der Waals surface area contributed by atoms with Gasteiger partial charge in [-0.05, 0) is 25.2 Å². The van der Waals surface area contributed by atoms with Crippen molar-refractivity contribution in [3.05, 3.63) is 18.7 Å². The van der Waals surface area contributed by atoms with Crippen LogP contribution in [0.4, 0.5) is 4.79 Å². The van der Waals surface area contributed by atoms with Gasteiger partial charge < -0.3 is 19.5 Å². The van der Waals surface area contributed by atoms with E-state index in [1.54, 1.807) is 6.20 Å². The van der Waals surface area contributed by atoms with Crippen molar-refractivity contribution in [1.82, 2.24) is 19.8 Å². The highest BCUT2D eigenvalue weighted by Gasteiger charge is 2.27. The minimum Gasteiger partial charge on any atom is -0.377 e. The summed E-state index contributed by atoms with van der Waals surface area (Å²) in [5, 5.41) is 3.04. The van der Waals surface area contributed by atoms with E-state index in [4.69, 9.17) is 4.74 Å². The summed E-state index contributed by atoms with van der Waals surface area (Å²) in [5.74, 6) is 0.567. The van der Waals surface area contributed by atoms with Crippen LogP contribution in [0.15, 0.2) is 18.7 Å². The highest BCUT2D eigenvalue weighted by Crippen LogP contribution is 2.15. The number of nitrogens with one attached hydrogen (secondary N) is 1. The monoisotopic (exact) mass is 308 g/mol. The summed E-state index contributed by atoms with van der Waals surface area (Å²) in [4.78, 5) is 18.3. The second-order valence-corrected chi connectivity index (χ2v) is 6.29. The molecule has 0 radical (unpaired) electrons. The standard InChI is InChI=1S/C16H28N4O2/c1-14(2)11-15-12-22-10-9-20(15)16(21)18-5-3-4-7-19-8-6-17-13-19/h6,8,13-15H,3-5,7,9-12H2,1-2H3,(H,18,21). The number of hydrogen-bond acceptors (Lipinski definition) is 3. The molecule has 22 heavy (non-hydrogen) atoms. The summed E-state index contributed by atoms with van der Waals surface area (Å²) in [5.41, 5.74) is 0. The first-order chi connectivity index (χ1) is 10.7. The van der Waals surface area contributed by atoms with Crippen LogP contribution in [-0.2, 0) is 11.3 Å². The Morgan fingerprint density at radius 2 is 2.32 bits per heavy atom. The molecule has 124 valence electrons. The number of ether oxygens (including phenoxy) is 1. The first-order valence-electron chi connectivity index (χ1n) is 8.24. The molecule has 0 spiro atoms. The lowest BCUT2D eigenvalue weighted by Gasteiger charge is -2.36. The van der Waals surface area contributed by atoms with E-state index < -0.39 is 0 Å². The van der Waals surface area contributed by atoms with Crippen molar-refractivity contribution in [2.45, 2.75) is 45.7 Å². The molecule has 1 aromatic heterocycles. The van der Waals surface area contributed by atoms with E-state index in [1.807, 2.05) is 17.4 Å². The minimum absolute atomic E-state index is 0.0524. The number of urea groups is 1. The summed E-state index contributed by atoms with van der Waals surface area (Å²) in [6, 6.07) is 0.260. The Hall–Kier alpha value is -1.56. The fourth-order valence-electron chi connectivity index (χ4n) is 2.80. The Balaban J connectivity index is 1.66. The molecular formula is C16H28N4O2. The molecule has 1 aromatic rings. The number of carbonyl (C=O) groups excluding carboxylic acids is 1. The Kier molecular flexibility index (Phi) is 6.71. The predicted octanol–water partition coefficient (Wildman–Crippen LogP) is 2.12. The zero-order valence-electron chi connectivity index (χ0n) is 13.7. The van der Waals surface area contributed by atoms with Gasteiger partial charge in [0.05, 0.1) is 25.6 Å². The molecule has 1 N–H and O–H groups in total. The number of aryl methyl sites for hydroxylation is 1. The Labute approximate surface area is 132 Å². The van der Waals surface area contributed by atoms with Crippen molar-refractivity contribution in [2.24, 2.45) is 5.92 Å². The van der Waals surface area contributed by atoms with Gasteiger partial charge in [-0.25, -0.2) is 9.78 Å². The van der Waals surface area contributed by atoms with E-state index in [-0.39, 0.29) is 12.1 Å². The number of unbranched alkanes of at least 4 members (excludes halogenated alkanes) is 1. The van der Waals surface area contributed by atoms with Crippen LogP contribution in [-0.4, -0.2) is 52.8 Å². The Morgan fingerprint density at radius 1 is 1.45 bits per heavy atom. The topological polar surface area (TPSA) is 59.4 Å². The molecule has 1 unspecified atom stereocenters. The zero-order chi connectivity index (χ0) is 15.8. The molecule has 0 aliphatic carbocycles. The number of hydrogen-bond donors (Lipinski definition) is 1. The number of rotatable bonds is 7. The average Bonchev–Trinajstić information content (AvgIpc) is 3.00. The quantitative estimate of drug-likeness (QED) is 0.785. The number of imidazole rings is 1. The summed E-state index contributed by atoms with van der Waals surface area (Å²) in [6.07, 6.45) is 8.58. The fraction of sp³-hybridized carbons (Fsp3) is 0.750. The van der Waals surface area contributed by atoms with E-state index in [0.717, 1.165) is 32.4 Å². The second kappa shape index (κ2) is 8.78. The molecule has 1 atom stereocenters. The largest absolute Gasteiger partial charge is 0.377 e. The van der Waals surface area contributed by atoms with Crippen molar-refractivity contribution in [2.75, 3.05) is 26.3 Å². The van der Waals surface area contributed by atoms with Gasteiger partial charge in [0, 0.05) is 32.0 Å². The number of morpholine rings is 1. The van der Waals surface area contributed by atoms with Crippen molar-refractivity contribution < 1.29 is 9.53 Å². The maximum atomic E-state index is 12.3. The van der Waals surface area contributed by atoms with Crippen LogP contribution >= 0.6 is 0 Å². The summed E-state index contributed by atoms with van der Waals surface area (Å²) < 4.78 is 7.58. The van der Waals surface area contributed by atoms with Crippen LogP contribution in [0.5, 0.6) is 0 Å². The first-order valence-corrected chi connectivity index (χ1v) is 8.24. The molecule has 2 amide bonds. The fourth-order valence-corrected chi connectivity index (χ4v) is 2.80.